The summed E-state index contributed by atoms with van der Waals surface area (Å²) in [4.78, 5) is 42.1. The summed E-state index contributed by atoms with van der Waals surface area (Å²) in [5.74, 6) is -0.136. The van der Waals surface area contributed by atoms with E-state index in [0.29, 0.717) is 18.9 Å². The van der Waals surface area contributed by atoms with Gasteiger partial charge in [-0.05, 0) is 38.1 Å². The van der Waals surface area contributed by atoms with E-state index in [2.05, 4.69) is 35.5 Å². The largest absolute Gasteiger partial charge is 0.696 e. The van der Waals surface area contributed by atoms with Gasteiger partial charge in [-0.1, -0.05) is 4.52 Å². The summed E-state index contributed by atoms with van der Waals surface area (Å²) in [6, 6.07) is 6.72. The Balaban J connectivity index is 1.34. The lowest BCUT2D eigenvalue weighted by atomic mass is 10.1. The molecule has 16 heteroatoms. The molecule has 3 aromatic rings. The molecule has 1 amide bonds. The Morgan fingerprint density at radius 3 is 2.64 bits per heavy atom. The van der Waals surface area contributed by atoms with E-state index in [1.165, 1.54) is 12.1 Å². The molecule has 1 saturated heterocycles. The third-order valence-electron chi connectivity index (χ3n) is 5.85. The van der Waals surface area contributed by atoms with Crippen LogP contribution in [-0.4, -0.2) is 69.4 Å². The van der Waals surface area contributed by atoms with Crippen LogP contribution in [0.15, 0.2) is 36.7 Å². The highest BCUT2D eigenvalue weighted by Crippen LogP contribution is 2.38. The van der Waals surface area contributed by atoms with Crippen LogP contribution >= 0.6 is 8.25 Å². The molecular weight excluding hydrogens is 534 g/mol. The van der Waals surface area contributed by atoms with Crippen LogP contribution in [-0.2, 0) is 18.6 Å². The van der Waals surface area contributed by atoms with E-state index in [4.69, 9.17) is 18.9 Å². The fourth-order valence-electron chi connectivity index (χ4n) is 3.95. The van der Waals surface area contributed by atoms with Gasteiger partial charge in [0.15, 0.2) is 35.5 Å². The molecule has 3 N–H and O–H groups in total. The number of hydrogen-bond acceptors (Lipinski definition) is 12. The van der Waals surface area contributed by atoms with Gasteiger partial charge in [0.1, 0.15) is 11.6 Å². The molecule has 0 aliphatic carbocycles. The van der Waals surface area contributed by atoms with Crippen LogP contribution in [0.1, 0.15) is 13.8 Å². The SMILES string of the molecule is CC1(C)Oc2ccc(Nc3nc(Nc4ccc(N5CCOCC5)nc4)ncc3F)nc2N(CO[P+](=O)O)C1=O. The molecule has 204 valence electrons. The van der Waals surface area contributed by atoms with Gasteiger partial charge >= 0.3 is 8.25 Å². The van der Waals surface area contributed by atoms with E-state index in [-0.39, 0.29) is 29.2 Å². The number of halogens is 1. The van der Waals surface area contributed by atoms with Crippen molar-refractivity contribution in [2.75, 3.05) is 53.5 Å². The molecule has 0 spiro atoms. The molecular formula is C23H25FN8O6P+. The standard InChI is InChI=1S/C23H24FN8O6P/c1-23(2)21(33)32(13-37-39(34)35)20-16(38-23)4-5-17(29-20)28-19-15(24)12-26-22(30-19)27-14-3-6-18(25-11-14)31-7-9-36-10-8-31/h3-6,11-12H,7-10,13H2,1-2H3,(H2-,26,27,28,29,30,34,35)/p+1. The van der Waals surface area contributed by atoms with Crippen LogP contribution in [0.4, 0.5) is 39.3 Å². The van der Waals surface area contributed by atoms with Gasteiger partial charge in [-0.3, -0.25) is 9.69 Å². The van der Waals surface area contributed by atoms with Crippen molar-refractivity contribution < 1.29 is 32.6 Å². The van der Waals surface area contributed by atoms with Gasteiger partial charge < -0.3 is 25.0 Å². The number of carbonyl (C=O) groups is 1. The fraction of sp³-hybridized carbons (Fsp3) is 0.348. The molecule has 0 radical (unpaired) electrons. The van der Waals surface area contributed by atoms with E-state index in [1.807, 2.05) is 12.1 Å². The zero-order valence-electron chi connectivity index (χ0n) is 21.0. The van der Waals surface area contributed by atoms with Crippen LogP contribution in [0.2, 0.25) is 0 Å². The maximum Gasteiger partial charge on any atom is 0.696 e. The van der Waals surface area contributed by atoms with Gasteiger partial charge in [0.2, 0.25) is 5.95 Å². The molecule has 14 nitrogen and oxygen atoms in total. The number of fused-ring (bicyclic) bond motifs is 1. The van der Waals surface area contributed by atoms with E-state index < -0.39 is 32.3 Å². The van der Waals surface area contributed by atoms with E-state index in [9.17, 15) is 13.8 Å². The Kier molecular flexibility index (Phi) is 7.48. The minimum absolute atomic E-state index is 0.0282. The number of morpholine rings is 1. The van der Waals surface area contributed by atoms with Crippen molar-refractivity contribution in [3.05, 3.63) is 42.5 Å². The first-order chi connectivity index (χ1) is 18.7. The summed E-state index contributed by atoms with van der Waals surface area (Å²) < 4.78 is 41.5. The van der Waals surface area contributed by atoms with Crippen molar-refractivity contribution in [1.29, 1.82) is 0 Å². The number of anilines is 6. The maximum absolute atomic E-state index is 14.6. The highest BCUT2D eigenvalue weighted by molar-refractivity contribution is 7.32. The van der Waals surface area contributed by atoms with Gasteiger partial charge in [0, 0.05) is 17.7 Å². The first-order valence-electron chi connectivity index (χ1n) is 11.9. The Morgan fingerprint density at radius 1 is 1.13 bits per heavy atom. The Morgan fingerprint density at radius 2 is 1.92 bits per heavy atom. The molecule has 0 bridgehead atoms. The molecule has 5 rings (SSSR count). The molecule has 2 aliphatic rings. The fourth-order valence-corrected chi connectivity index (χ4v) is 4.16. The zero-order chi connectivity index (χ0) is 27.6. The monoisotopic (exact) mass is 559 g/mol. The van der Waals surface area contributed by atoms with Gasteiger partial charge in [-0.2, -0.15) is 4.98 Å². The smallest absolute Gasteiger partial charge is 0.474 e. The van der Waals surface area contributed by atoms with Gasteiger partial charge in [-0.15, -0.1) is 4.89 Å². The van der Waals surface area contributed by atoms with Gasteiger partial charge in [0.05, 0.1) is 31.3 Å². The number of amides is 1. The Bertz CT molecular complexity index is 1390. The van der Waals surface area contributed by atoms with Gasteiger partial charge in [-0.25, -0.2) is 19.3 Å². The van der Waals surface area contributed by atoms with Crippen molar-refractivity contribution >= 4 is 49.1 Å². The number of hydrogen-bond donors (Lipinski definition) is 3. The van der Waals surface area contributed by atoms with Crippen molar-refractivity contribution in [2.24, 2.45) is 0 Å². The predicted octanol–water partition coefficient (Wildman–Crippen LogP) is 2.86. The molecule has 1 atom stereocenters. The third-order valence-corrected chi connectivity index (χ3v) is 6.18. The third kappa shape index (κ3) is 6.01. The molecule has 5 heterocycles. The summed E-state index contributed by atoms with van der Waals surface area (Å²) in [6.45, 7) is 5.39. The number of nitrogens with zero attached hydrogens (tertiary/aromatic N) is 6. The lowest BCUT2D eigenvalue weighted by molar-refractivity contribution is -0.133. The molecule has 3 aromatic heterocycles. The number of rotatable bonds is 8. The van der Waals surface area contributed by atoms with Crippen molar-refractivity contribution in [3.63, 3.8) is 0 Å². The molecule has 39 heavy (non-hydrogen) atoms. The lowest BCUT2D eigenvalue weighted by Gasteiger charge is -2.36. The average Bonchev–Trinajstić information content (AvgIpc) is 2.92. The van der Waals surface area contributed by atoms with E-state index >= 15 is 0 Å². The summed E-state index contributed by atoms with van der Waals surface area (Å²) in [5.41, 5.74) is -0.657. The lowest BCUT2D eigenvalue weighted by Crippen LogP contribution is -2.53. The Labute approximate surface area is 223 Å². The summed E-state index contributed by atoms with van der Waals surface area (Å²) in [7, 11) is -2.96. The van der Waals surface area contributed by atoms with Crippen LogP contribution in [0.3, 0.4) is 0 Å². The molecule has 0 aromatic carbocycles. The maximum atomic E-state index is 14.6. The molecule has 0 saturated carbocycles. The second-order valence-corrected chi connectivity index (χ2v) is 9.74. The highest BCUT2D eigenvalue weighted by Gasteiger charge is 2.43. The normalized spacial score (nSPS) is 16.8. The molecule has 2 aliphatic heterocycles. The molecule has 1 unspecified atom stereocenters. The quantitative estimate of drug-likeness (QED) is 0.346. The minimum Gasteiger partial charge on any atom is -0.474 e. The summed E-state index contributed by atoms with van der Waals surface area (Å²) in [5, 5.41) is 5.76. The van der Waals surface area contributed by atoms with E-state index in [1.54, 1.807) is 20.0 Å². The summed E-state index contributed by atoms with van der Waals surface area (Å²) in [6.07, 6.45) is 2.63. The Hall–Kier alpha value is -4.04. The van der Waals surface area contributed by atoms with Crippen LogP contribution in [0.25, 0.3) is 0 Å². The second-order valence-electron chi connectivity index (χ2n) is 9.00. The summed E-state index contributed by atoms with van der Waals surface area (Å²) >= 11 is 0. The number of ether oxygens (including phenoxy) is 2. The molecule has 1 fully saturated rings. The van der Waals surface area contributed by atoms with Crippen LogP contribution in [0.5, 0.6) is 5.75 Å². The number of carbonyl (C=O) groups excluding carboxylic acids is 1. The number of nitrogens with one attached hydrogen (secondary N) is 2. The number of pyridine rings is 2. The average molecular weight is 559 g/mol. The second kappa shape index (κ2) is 11.0. The predicted molar refractivity (Wildman–Crippen MR) is 138 cm³/mol. The number of aromatic nitrogens is 4. The van der Waals surface area contributed by atoms with E-state index in [0.717, 1.165) is 30.0 Å². The van der Waals surface area contributed by atoms with Crippen LogP contribution in [0, 0.1) is 5.82 Å². The topological polar surface area (TPSA) is 164 Å². The minimum atomic E-state index is -2.96. The zero-order valence-corrected chi connectivity index (χ0v) is 21.9. The first-order valence-corrected chi connectivity index (χ1v) is 13.0. The van der Waals surface area contributed by atoms with Crippen molar-refractivity contribution in [2.45, 2.75) is 19.4 Å². The van der Waals surface area contributed by atoms with Crippen LogP contribution < -0.4 is 25.2 Å². The first kappa shape index (κ1) is 26.6. The van der Waals surface area contributed by atoms with Gasteiger partial charge in [0.25, 0.3) is 5.91 Å². The van der Waals surface area contributed by atoms with Crippen molar-refractivity contribution in [1.82, 2.24) is 19.9 Å². The highest BCUT2D eigenvalue weighted by atomic mass is 31.1. The van der Waals surface area contributed by atoms with Crippen molar-refractivity contribution in [3.8, 4) is 5.75 Å².